The van der Waals surface area contributed by atoms with E-state index in [-0.39, 0.29) is 23.1 Å². The van der Waals surface area contributed by atoms with Crippen molar-refractivity contribution in [2.45, 2.75) is 6.61 Å². The fraction of sp³-hybridized carbons (Fsp3) is 0.143. The highest BCUT2D eigenvalue weighted by Gasteiger charge is 2.12. The van der Waals surface area contributed by atoms with Gasteiger partial charge in [-0.25, -0.2) is 4.39 Å². The molecule has 0 radical (unpaired) electrons. The third-order valence-electron chi connectivity index (χ3n) is 2.77. The van der Waals surface area contributed by atoms with Crippen molar-refractivity contribution in [3.05, 3.63) is 62.9 Å². The highest BCUT2D eigenvalue weighted by Crippen LogP contribution is 2.30. The van der Waals surface area contributed by atoms with Gasteiger partial charge in [0.25, 0.3) is 5.69 Å². The highest BCUT2D eigenvalue weighted by atomic mass is 35.5. The van der Waals surface area contributed by atoms with Crippen LogP contribution in [0.25, 0.3) is 0 Å². The number of rotatable bonds is 5. The van der Waals surface area contributed by atoms with Gasteiger partial charge < -0.3 is 9.47 Å². The molecule has 110 valence electrons. The van der Waals surface area contributed by atoms with E-state index in [0.29, 0.717) is 11.3 Å². The molecule has 0 aromatic heterocycles. The summed E-state index contributed by atoms with van der Waals surface area (Å²) < 4.78 is 24.0. The second kappa shape index (κ2) is 6.41. The molecule has 0 fully saturated rings. The lowest BCUT2D eigenvalue weighted by Crippen LogP contribution is -2.00. The zero-order chi connectivity index (χ0) is 15.4. The van der Waals surface area contributed by atoms with Gasteiger partial charge in [0.2, 0.25) is 0 Å². The first-order chi connectivity index (χ1) is 10.0. The number of hydrogen-bond acceptors (Lipinski definition) is 4. The lowest BCUT2D eigenvalue weighted by molar-refractivity contribution is -0.384. The molecule has 0 spiro atoms. The molecule has 2 aromatic carbocycles. The van der Waals surface area contributed by atoms with Crippen LogP contribution in [-0.4, -0.2) is 12.0 Å². The van der Waals surface area contributed by atoms with E-state index in [1.54, 1.807) is 6.07 Å². The van der Waals surface area contributed by atoms with Crippen LogP contribution in [0.4, 0.5) is 10.1 Å². The molecule has 0 N–H and O–H groups in total. The van der Waals surface area contributed by atoms with Crippen LogP contribution in [-0.2, 0) is 6.61 Å². The van der Waals surface area contributed by atoms with Crippen LogP contribution in [0, 0.1) is 15.9 Å². The molecule has 0 atom stereocenters. The van der Waals surface area contributed by atoms with Crippen LogP contribution < -0.4 is 9.47 Å². The Morgan fingerprint density at radius 1 is 1.29 bits per heavy atom. The summed E-state index contributed by atoms with van der Waals surface area (Å²) in [6, 6.07) is 8.16. The largest absolute Gasteiger partial charge is 0.497 e. The molecule has 0 aliphatic carbocycles. The van der Waals surface area contributed by atoms with Gasteiger partial charge >= 0.3 is 0 Å². The molecular formula is C14H11ClFNO4. The SMILES string of the molecule is COc1ccc(COc2cc([N+](=O)[O-])ccc2Cl)c(F)c1. The Bertz CT molecular complexity index is 678. The van der Waals surface area contributed by atoms with Crippen molar-refractivity contribution in [3.8, 4) is 11.5 Å². The maximum atomic E-state index is 13.7. The third kappa shape index (κ3) is 3.61. The van der Waals surface area contributed by atoms with Crippen molar-refractivity contribution in [2.24, 2.45) is 0 Å². The minimum absolute atomic E-state index is 0.100. The number of nitro groups is 1. The Balaban J connectivity index is 2.16. The van der Waals surface area contributed by atoms with Crippen molar-refractivity contribution in [1.82, 2.24) is 0 Å². The van der Waals surface area contributed by atoms with Crippen LogP contribution in [0.1, 0.15) is 5.56 Å². The number of hydrogen-bond donors (Lipinski definition) is 0. The third-order valence-corrected chi connectivity index (χ3v) is 3.08. The molecule has 0 aliphatic heterocycles. The summed E-state index contributed by atoms with van der Waals surface area (Å²) >= 11 is 5.89. The van der Waals surface area contributed by atoms with E-state index in [2.05, 4.69) is 0 Å². The average molecular weight is 312 g/mol. The second-order valence-electron chi connectivity index (χ2n) is 4.12. The minimum Gasteiger partial charge on any atom is -0.497 e. The van der Waals surface area contributed by atoms with Crippen LogP contribution in [0.2, 0.25) is 5.02 Å². The van der Waals surface area contributed by atoms with E-state index < -0.39 is 10.7 Å². The van der Waals surface area contributed by atoms with Crippen LogP contribution in [0.3, 0.4) is 0 Å². The Morgan fingerprint density at radius 3 is 2.67 bits per heavy atom. The fourth-order valence-corrected chi connectivity index (χ4v) is 1.82. The van der Waals surface area contributed by atoms with E-state index in [4.69, 9.17) is 21.1 Å². The molecule has 0 aliphatic rings. The Hall–Kier alpha value is -2.34. The number of methoxy groups -OCH3 is 1. The van der Waals surface area contributed by atoms with E-state index in [1.165, 1.54) is 37.4 Å². The summed E-state index contributed by atoms with van der Waals surface area (Å²) in [5.41, 5.74) is 0.142. The molecular weight excluding hydrogens is 301 g/mol. The maximum absolute atomic E-state index is 13.7. The van der Waals surface area contributed by atoms with Gasteiger partial charge in [0.05, 0.1) is 23.1 Å². The van der Waals surface area contributed by atoms with Crippen molar-refractivity contribution in [3.63, 3.8) is 0 Å². The Morgan fingerprint density at radius 2 is 2.05 bits per heavy atom. The van der Waals surface area contributed by atoms with Crippen molar-refractivity contribution in [1.29, 1.82) is 0 Å². The van der Waals surface area contributed by atoms with Crippen LogP contribution in [0.5, 0.6) is 11.5 Å². The van der Waals surface area contributed by atoms with Crippen molar-refractivity contribution < 1.29 is 18.8 Å². The van der Waals surface area contributed by atoms with Gasteiger partial charge in [-0.1, -0.05) is 11.6 Å². The van der Waals surface area contributed by atoms with Crippen molar-refractivity contribution >= 4 is 17.3 Å². The van der Waals surface area contributed by atoms with Gasteiger partial charge in [0.1, 0.15) is 23.9 Å². The van der Waals surface area contributed by atoms with Gasteiger partial charge in [-0.2, -0.15) is 0 Å². The zero-order valence-corrected chi connectivity index (χ0v) is 11.8. The fourth-order valence-electron chi connectivity index (χ4n) is 1.64. The molecule has 0 heterocycles. The van der Waals surface area contributed by atoms with E-state index in [1.807, 2.05) is 0 Å². The van der Waals surface area contributed by atoms with E-state index in [9.17, 15) is 14.5 Å². The van der Waals surface area contributed by atoms with Crippen molar-refractivity contribution in [2.75, 3.05) is 7.11 Å². The first kappa shape index (κ1) is 15.1. The number of non-ortho nitro benzene ring substituents is 1. The molecule has 2 rings (SSSR count). The number of halogens is 2. The predicted molar refractivity (Wildman–Crippen MR) is 75.4 cm³/mol. The number of benzene rings is 2. The van der Waals surface area contributed by atoms with E-state index >= 15 is 0 Å². The monoisotopic (exact) mass is 311 g/mol. The molecule has 0 saturated heterocycles. The van der Waals surface area contributed by atoms with Gasteiger partial charge in [0, 0.05) is 17.7 Å². The molecule has 7 heteroatoms. The molecule has 0 saturated carbocycles. The molecule has 0 bridgehead atoms. The average Bonchev–Trinajstić information content (AvgIpc) is 2.47. The standard InChI is InChI=1S/C14H11ClFNO4/c1-20-11-4-2-9(13(16)7-11)8-21-14-6-10(17(18)19)3-5-12(14)15/h2-7H,8H2,1H3. The summed E-state index contributed by atoms with van der Waals surface area (Å²) in [6.07, 6.45) is 0. The molecule has 2 aromatic rings. The highest BCUT2D eigenvalue weighted by molar-refractivity contribution is 6.32. The summed E-state index contributed by atoms with van der Waals surface area (Å²) in [6.45, 7) is -0.100. The van der Waals surface area contributed by atoms with Gasteiger partial charge in [0.15, 0.2) is 0 Å². The topological polar surface area (TPSA) is 61.6 Å². The van der Waals surface area contributed by atoms with E-state index in [0.717, 1.165) is 0 Å². The Kier molecular flexibility index (Phi) is 4.59. The van der Waals surface area contributed by atoms with Gasteiger partial charge in [-0.3, -0.25) is 10.1 Å². The molecule has 5 nitrogen and oxygen atoms in total. The first-order valence-electron chi connectivity index (χ1n) is 5.90. The summed E-state index contributed by atoms with van der Waals surface area (Å²) in [4.78, 5) is 10.1. The number of nitrogens with zero attached hydrogens (tertiary/aromatic N) is 1. The summed E-state index contributed by atoms with van der Waals surface area (Å²) in [7, 11) is 1.44. The van der Waals surface area contributed by atoms with Crippen LogP contribution >= 0.6 is 11.6 Å². The molecule has 0 unspecified atom stereocenters. The zero-order valence-electron chi connectivity index (χ0n) is 11.0. The lowest BCUT2D eigenvalue weighted by Gasteiger charge is -2.09. The summed E-state index contributed by atoms with van der Waals surface area (Å²) in [5, 5.41) is 10.9. The normalized spacial score (nSPS) is 10.2. The predicted octanol–water partition coefficient (Wildman–Crippen LogP) is 3.97. The van der Waals surface area contributed by atoms with Gasteiger partial charge in [-0.15, -0.1) is 0 Å². The second-order valence-corrected chi connectivity index (χ2v) is 4.53. The van der Waals surface area contributed by atoms with Crippen LogP contribution in [0.15, 0.2) is 36.4 Å². The first-order valence-corrected chi connectivity index (χ1v) is 6.28. The quantitative estimate of drug-likeness (QED) is 0.619. The minimum atomic E-state index is -0.558. The number of ether oxygens (including phenoxy) is 2. The lowest BCUT2D eigenvalue weighted by atomic mass is 10.2. The summed E-state index contributed by atoms with van der Waals surface area (Å²) in [5.74, 6) is 0.0293. The van der Waals surface area contributed by atoms with Gasteiger partial charge in [-0.05, 0) is 18.2 Å². The molecule has 21 heavy (non-hydrogen) atoms. The molecule has 0 amide bonds. The smallest absolute Gasteiger partial charge is 0.273 e. The maximum Gasteiger partial charge on any atom is 0.273 e. The Labute approximate surface area is 125 Å². The number of nitro benzene ring substituents is 1.